The second kappa shape index (κ2) is 3.73. The number of hydrogen-bond donors (Lipinski definition) is 0. The number of rotatable bonds is 3. The molecule has 2 nitrogen and oxygen atoms in total. The summed E-state index contributed by atoms with van der Waals surface area (Å²) in [4.78, 5) is 1.99. The highest BCUT2D eigenvalue weighted by molar-refractivity contribution is 5.06. The average Bonchev–Trinajstić information content (AvgIpc) is 2.01. The number of nitrogens with zero attached hydrogens (tertiary/aromatic N) is 2. The first-order valence-electron chi connectivity index (χ1n) is 4.07. The molecule has 0 spiro atoms. The van der Waals surface area contributed by atoms with Crippen molar-refractivity contribution in [1.82, 2.24) is 4.90 Å². The van der Waals surface area contributed by atoms with Gasteiger partial charge in [0, 0.05) is 0 Å². The lowest BCUT2D eigenvalue weighted by Gasteiger charge is -2.34. The van der Waals surface area contributed by atoms with Crippen molar-refractivity contribution >= 4 is 0 Å². The Hall–Kier alpha value is -0.550. The predicted molar refractivity (Wildman–Crippen MR) is 47.2 cm³/mol. The lowest BCUT2D eigenvalue weighted by molar-refractivity contribution is 0.162. The van der Waals surface area contributed by atoms with Crippen LogP contribution in [0.2, 0.25) is 0 Å². The quantitative estimate of drug-likeness (QED) is 0.620. The molecule has 0 bridgehead atoms. The van der Waals surface area contributed by atoms with E-state index in [2.05, 4.69) is 19.9 Å². The van der Waals surface area contributed by atoms with Gasteiger partial charge in [0.05, 0.1) is 6.07 Å². The van der Waals surface area contributed by atoms with E-state index in [1.54, 1.807) is 0 Å². The van der Waals surface area contributed by atoms with E-state index in [1.807, 2.05) is 25.9 Å². The van der Waals surface area contributed by atoms with Crippen LogP contribution in [0.5, 0.6) is 0 Å². The Labute approximate surface area is 69.8 Å². The summed E-state index contributed by atoms with van der Waals surface area (Å²) in [6.45, 7) is 6.22. The van der Waals surface area contributed by atoms with Crippen molar-refractivity contribution in [1.29, 1.82) is 5.26 Å². The molecule has 0 N–H and O–H groups in total. The van der Waals surface area contributed by atoms with Gasteiger partial charge in [0.25, 0.3) is 0 Å². The van der Waals surface area contributed by atoms with E-state index >= 15 is 0 Å². The summed E-state index contributed by atoms with van der Waals surface area (Å²) in [5.41, 5.74) is -0.311. The van der Waals surface area contributed by atoms with Gasteiger partial charge in [0.2, 0.25) is 0 Å². The molecular weight excluding hydrogens is 136 g/mol. The van der Waals surface area contributed by atoms with Crippen LogP contribution in [-0.2, 0) is 0 Å². The first-order chi connectivity index (χ1) is 4.99. The van der Waals surface area contributed by atoms with Gasteiger partial charge in [0.1, 0.15) is 5.54 Å². The minimum Gasteiger partial charge on any atom is -0.292 e. The standard InChI is InChI=1S/C9H18N2/c1-6-8(2)9(3,7-10)11(4)5/h8H,6H2,1-5H3. The van der Waals surface area contributed by atoms with Crippen molar-refractivity contribution in [2.45, 2.75) is 32.7 Å². The van der Waals surface area contributed by atoms with E-state index in [4.69, 9.17) is 5.26 Å². The highest BCUT2D eigenvalue weighted by atomic mass is 15.1. The van der Waals surface area contributed by atoms with Crippen molar-refractivity contribution in [3.05, 3.63) is 0 Å². The monoisotopic (exact) mass is 154 g/mol. The van der Waals surface area contributed by atoms with Crippen LogP contribution in [0.1, 0.15) is 27.2 Å². The minimum absolute atomic E-state index is 0.311. The maximum atomic E-state index is 8.97. The summed E-state index contributed by atoms with van der Waals surface area (Å²) in [7, 11) is 3.91. The Bertz CT molecular complexity index is 157. The van der Waals surface area contributed by atoms with Crippen LogP contribution < -0.4 is 0 Å². The SMILES string of the molecule is CCC(C)C(C)(C#N)N(C)C. The fourth-order valence-electron chi connectivity index (χ4n) is 1.05. The molecule has 0 saturated carbocycles. The molecule has 0 aromatic heterocycles. The van der Waals surface area contributed by atoms with E-state index < -0.39 is 0 Å². The first kappa shape index (κ1) is 10.4. The zero-order valence-electron chi connectivity index (χ0n) is 8.18. The fourth-order valence-corrected chi connectivity index (χ4v) is 1.05. The van der Waals surface area contributed by atoms with Gasteiger partial charge in [-0.1, -0.05) is 20.3 Å². The molecule has 0 fully saturated rings. The summed E-state index contributed by atoms with van der Waals surface area (Å²) in [5, 5.41) is 8.97. The van der Waals surface area contributed by atoms with Gasteiger partial charge in [-0.15, -0.1) is 0 Å². The van der Waals surface area contributed by atoms with Crippen LogP contribution in [0.25, 0.3) is 0 Å². The van der Waals surface area contributed by atoms with Crippen LogP contribution in [0, 0.1) is 17.2 Å². The molecule has 0 aromatic rings. The second-order valence-electron chi connectivity index (χ2n) is 3.46. The molecule has 11 heavy (non-hydrogen) atoms. The second-order valence-corrected chi connectivity index (χ2v) is 3.46. The Morgan fingerprint density at radius 1 is 1.55 bits per heavy atom. The summed E-state index contributed by atoms with van der Waals surface area (Å²) < 4.78 is 0. The van der Waals surface area contributed by atoms with E-state index in [0.29, 0.717) is 5.92 Å². The van der Waals surface area contributed by atoms with Gasteiger partial charge in [-0.2, -0.15) is 5.26 Å². The van der Waals surface area contributed by atoms with Crippen molar-refractivity contribution in [2.75, 3.05) is 14.1 Å². The van der Waals surface area contributed by atoms with E-state index in [1.165, 1.54) is 0 Å². The van der Waals surface area contributed by atoms with Gasteiger partial charge >= 0.3 is 0 Å². The Morgan fingerprint density at radius 3 is 2.09 bits per heavy atom. The molecule has 64 valence electrons. The van der Waals surface area contributed by atoms with Crippen LogP contribution >= 0.6 is 0 Å². The third-order valence-corrected chi connectivity index (χ3v) is 2.73. The molecule has 2 unspecified atom stereocenters. The minimum atomic E-state index is -0.311. The lowest BCUT2D eigenvalue weighted by atomic mass is 9.85. The molecule has 2 atom stereocenters. The van der Waals surface area contributed by atoms with Crippen LogP contribution in [0.15, 0.2) is 0 Å². The summed E-state index contributed by atoms with van der Waals surface area (Å²) in [6, 6.07) is 2.35. The van der Waals surface area contributed by atoms with E-state index in [0.717, 1.165) is 6.42 Å². The average molecular weight is 154 g/mol. The third-order valence-electron chi connectivity index (χ3n) is 2.73. The molecular formula is C9H18N2. The molecule has 0 aliphatic heterocycles. The van der Waals surface area contributed by atoms with Crippen molar-refractivity contribution in [2.24, 2.45) is 5.92 Å². The molecule has 0 aromatic carbocycles. The summed E-state index contributed by atoms with van der Waals surface area (Å²) in [6.07, 6.45) is 1.04. The largest absolute Gasteiger partial charge is 0.292 e. The lowest BCUT2D eigenvalue weighted by Crippen LogP contribution is -2.45. The highest BCUT2D eigenvalue weighted by Gasteiger charge is 2.31. The molecule has 0 aliphatic rings. The molecule has 0 radical (unpaired) electrons. The van der Waals surface area contributed by atoms with E-state index in [-0.39, 0.29) is 5.54 Å². The molecule has 2 heteroatoms. The summed E-state index contributed by atoms with van der Waals surface area (Å²) >= 11 is 0. The first-order valence-corrected chi connectivity index (χ1v) is 4.07. The van der Waals surface area contributed by atoms with Gasteiger partial charge in [0.15, 0.2) is 0 Å². The van der Waals surface area contributed by atoms with Crippen molar-refractivity contribution in [3.63, 3.8) is 0 Å². The van der Waals surface area contributed by atoms with E-state index in [9.17, 15) is 0 Å². The topological polar surface area (TPSA) is 27.0 Å². The maximum absolute atomic E-state index is 8.97. The number of hydrogen-bond acceptors (Lipinski definition) is 2. The molecule has 0 aliphatic carbocycles. The Morgan fingerprint density at radius 2 is 2.00 bits per heavy atom. The predicted octanol–water partition coefficient (Wildman–Crippen LogP) is 1.88. The van der Waals surface area contributed by atoms with Crippen molar-refractivity contribution in [3.8, 4) is 6.07 Å². The van der Waals surface area contributed by atoms with Gasteiger partial charge in [-0.05, 0) is 26.9 Å². The van der Waals surface area contributed by atoms with Crippen molar-refractivity contribution < 1.29 is 0 Å². The molecule has 0 amide bonds. The molecule has 0 saturated heterocycles. The van der Waals surface area contributed by atoms with Gasteiger partial charge < -0.3 is 0 Å². The summed E-state index contributed by atoms with van der Waals surface area (Å²) in [5.74, 6) is 0.419. The Kier molecular flexibility index (Phi) is 3.54. The normalized spacial score (nSPS) is 19.0. The van der Waals surface area contributed by atoms with Crippen LogP contribution in [0.4, 0.5) is 0 Å². The third kappa shape index (κ3) is 1.94. The smallest absolute Gasteiger partial charge is 0.108 e. The van der Waals surface area contributed by atoms with Crippen LogP contribution in [-0.4, -0.2) is 24.5 Å². The zero-order valence-corrected chi connectivity index (χ0v) is 8.18. The Balaban J connectivity index is 4.49. The fraction of sp³-hybridized carbons (Fsp3) is 0.889. The molecule has 0 heterocycles. The van der Waals surface area contributed by atoms with Gasteiger partial charge in [-0.25, -0.2) is 0 Å². The highest BCUT2D eigenvalue weighted by Crippen LogP contribution is 2.23. The molecule has 0 rings (SSSR count). The number of nitriles is 1. The zero-order chi connectivity index (χ0) is 9.07. The van der Waals surface area contributed by atoms with Crippen LogP contribution in [0.3, 0.4) is 0 Å². The maximum Gasteiger partial charge on any atom is 0.108 e. The van der Waals surface area contributed by atoms with Gasteiger partial charge in [-0.3, -0.25) is 4.90 Å².